The first-order chi connectivity index (χ1) is 9.00. The van der Waals surface area contributed by atoms with Crippen molar-refractivity contribution in [3.8, 4) is 0 Å². The van der Waals surface area contributed by atoms with Crippen LogP contribution in [0, 0.1) is 11.3 Å². The lowest BCUT2D eigenvalue weighted by Gasteiger charge is -2.39. The molecule has 1 N–H and O–H groups in total. The first-order valence-electron chi connectivity index (χ1n) is 6.91. The highest BCUT2D eigenvalue weighted by molar-refractivity contribution is 5.74. The molecule has 5 nitrogen and oxygen atoms in total. The molecule has 0 aromatic carbocycles. The molecular formula is C14H23N3O2. The van der Waals surface area contributed by atoms with E-state index >= 15 is 0 Å². The average Bonchev–Trinajstić information content (AvgIpc) is 2.89. The second-order valence-corrected chi connectivity index (χ2v) is 5.97. The maximum Gasteiger partial charge on any atom is 0.309 e. The average molecular weight is 265 g/mol. The van der Waals surface area contributed by atoms with Gasteiger partial charge in [-0.15, -0.1) is 0 Å². The molecule has 1 saturated heterocycles. The third-order valence-electron chi connectivity index (χ3n) is 4.31. The lowest BCUT2D eigenvalue weighted by molar-refractivity contribution is -0.151. The number of aliphatic carboxylic acids is 1. The Balaban J connectivity index is 1.88. The fourth-order valence-corrected chi connectivity index (χ4v) is 2.70. The summed E-state index contributed by atoms with van der Waals surface area (Å²) in [6.07, 6.45) is 7.67. The van der Waals surface area contributed by atoms with Gasteiger partial charge in [-0.3, -0.25) is 4.79 Å². The largest absolute Gasteiger partial charge is 0.481 e. The molecule has 2 heterocycles. The van der Waals surface area contributed by atoms with Gasteiger partial charge in [0.2, 0.25) is 0 Å². The predicted octanol–water partition coefficient (Wildman–Crippen LogP) is 1.71. The van der Waals surface area contributed by atoms with Crippen molar-refractivity contribution in [1.29, 1.82) is 0 Å². The number of piperidine rings is 1. The standard InChI is InChI=1S/C14H23N3O2/c1-14(2,13(18)19)12-4-3-6-16(10-12)8-9-17-7-5-15-11-17/h5,7,11-12H,3-4,6,8-10H2,1-2H3,(H,18,19). The number of imidazole rings is 1. The maximum atomic E-state index is 11.3. The van der Waals surface area contributed by atoms with E-state index in [1.165, 1.54) is 0 Å². The van der Waals surface area contributed by atoms with Crippen molar-refractivity contribution in [1.82, 2.24) is 14.5 Å². The zero-order valence-electron chi connectivity index (χ0n) is 11.7. The summed E-state index contributed by atoms with van der Waals surface area (Å²) in [4.78, 5) is 17.7. The Bertz CT molecular complexity index is 414. The lowest BCUT2D eigenvalue weighted by Crippen LogP contribution is -2.45. The Hall–Kier alpha value is -1.36. The van der Waals surface area contributed by atoms with Gasteiger partial charge in [0.1, 0.15) is 0 Å². The summed E-state index contributed by atoms with van der Waals surface area (Å²) in [6.45, 7) is 7.52. The van der Waals surface area contributed by atoms with Crippen LogP contribution in [0.4, 0.5) is 0 Å². The Labute approximate surface area is 114 Å². The van der Waals surface area contributed by atoms with Crippen LogP contribution in [0.3, 0.4) is 0 Å². The monoisotopic (exact) mass is 265 g/mol. The molecule has 1 atom stereocenters. The fraction of sp³-hybridized carbons (Fsp3) is 0.714. The number of hydrogen-bond acceptors (Lipinski definition) is 3. The topological polar surface area (TPSA) is 58.4 Å². The number of carbonyl (C=O) groups is 1. The van der Waals surface area contributed by atoms with Crippen molar-refractivity contribution < 1.29 is 9.90 Å². The summed E-state index contributed by atoms with van der Waals surface area (Å²) in [5.74, 6) is -0.449. The molecule has 1 aromatic heterocycles. The molecule has 0 saturated carbocycles. The SMILES string of the molecule is CC(C)(C(=O)O)C1CCCN(CCn2ccnc2)C1. The third kappa shape index (κ3) is 3.35. The highest BCUT2D eigenvalue weighted by Gasteiger charge is 2.38. The van der Waals surface area contributed by atoms with Gasteiger partial charge < -0.3 is 14.6 Å². The Morgan fingerprint density at radius 2 is 2.26 bits per heavy atom. The Morgan fingerprint density at radius 1 is 1.47 bits per heavy atom. The van der Waals surface area contributed by atoms with E-state index in [1.54, 1.807) is 6.20 Å². The number of aromatic nitrogens is 2. The van der Waals surface area contributed by atoms with Crippen LogP contribution in [0.15, 0.2) is 18.7 Å². The molecule has 5 heteroatoms. The van der Waals surface area contributed by atoms with Crippen LogP contribution in [-0.2, 0) is 11.3 Å². The minimum absolute atomic E-state index is 0.238. The zero-order chi connectivity index (χ0) is 13.9. The van der Waals surface area contributed by atoms with Crippen LogP contribution >= 0.6 is 0 Å². The highest BCUT2D eigenvalue weighted by atomic mass is 16.4. The van der Waals surface area contributed by atoms with Gasteiger partial charge in [0, 0.05) is 32.0 Å². The summed E-state index contributed by atoms with van der Waals surface area (Å²) in [5, 5.41) is 9.33. The van der Waals surface area contributed by atoms with E-state index in [4.69, 9.17) is 0 Å². The van der Waals surface area contributed by atoms with E-state index in [0.29, 0.717) is 0 Å². The number of hydrogen-bond donors (Lipinski definition) is 1. The molecule has 1 aromatic rings. The molecular weight excluding hydrogens is 242 g/mol. The molecule has 106 valence electrons. The van der Waals surface area contributed by atoms with Crippen molar-refractivity contribution in [2.45, 2.75) is 33.2 Å². The number of nitrogens with zero attached hydrogens (tertiary/aromatic N) is 3. The molecule has 0 bridgehead atoms. The van der Waals surface area contributed by atoms with Crippen LogP contribution in [0.1, 0.15) is 26.7 Å². The normalized spacial score (nSPS) is 21.5. The Morgan fingerprint density at radius 3 is 2.89 bits per heavy atom. The van der Waals surface area contributed by atoms with E-state index in [9.17, 15) is 9.90 Å². The van der Waals surface area contributed by atoms with Crippen molar-refractivity contribution >= 4 is 5.97 Å². The molecule has 2 rings (SSSR count). The molecule has 0 spiro atoms. The minimum Gasteiger partial charge on any atom is -0.481 e. The third-order valence-corrected chi connectivity index (χ3v) is 4.31. The van der Waals surface area contributed by atoms with Gasteiger partial charge in [0.25, 0.3) is 0 Å². The molecule has 0 radical (unpaired) electrons. The van der Waals surface area contributed by atoms with Gasteiger partial charge in [-0.05, 0) is 39.2 Å². The molecule has 19 heavy (non-hydrogen) atoms. The summed E-state index contributed by atoms with van der Waals surface area (Å²) in [5.41, 5.74) is -0.631. The van der Waals surface area contributed by atoms with E-state index in [0.717, 1.165) is 39.0 Å². The van der Waals surface area contributed by atoms with Gasteiger partial charge >= 0.3 is 5.97 Å². The van der Waals surface area contributed by atoms with Crippen LogP contribution in [0.2, 0.25) is 0 Å². The van der Waals surface area contributed by atoms with Gasteiger partial charge in [-0.2, -0.15) is 0 Å². The van der Waals surface area contributed by atoms with Gasteiger partial charge in [-0.1, -0.05) is 0 Å². The molecule has 1 fully saturated rings. The van der Waals surface area contributed by atoms with Crippen molar-refractivity contribution in [2.24, 2.45) is 11.3 Å². The number of carboxylic acid groups (broad SMARTS) is 1. The van der Waals surface area contributed by atoms with Gasteiger partial charge in [0.15, 0.2) is 0 Å². The molecule has 1 aliphatic rings. The highest BCUT2D eigenvalue weighted by Crippen LogP contribution is 2.34. The van der Waals surface area contributed by atoms with Crippen LogP contribution < -0.4 is 0 Å². The first kappa shape index (κ1) is 14.1. The molecule has 1 aliphatic heterocycles. The predicted molar refractivity (Wildman–Crippen MR) is 72.8 cm³/mol. The van der Waals surface area contributed by atoms with E-state index < -0.39 is 11.4 Å². The van der Waals surface area contributed by atoms with E-state index in [1.807, 2.05) is 26.4 Å². The van der Waals surface area contributed by atoms with Gasteiger partial charge in [-0.25, -0.2) is 4.98 Å². The second-order valence-electron chi connectivity index (χ2n) is 5.97. The fourth-order valence-electron chi connectivity index (χ4n) is 2.70. The van der Waals surface area contributed by atoms with E-state index in [2.05, 4.69) is 14.5 Å². The first-order valence-corrected chi connectivity index (χ1v) is 6.91. The number of carboxylic acids is 1. The number of likely N-dealkylation sites (tertiary alicyclic amines) is 1. The molecule has 0 aliphatic carbocycles. The summed E-state index contributed by atoms with van der Waals surface area (Å²) >= 11 is 0. The summed E-state index contributed by atoms with van der Waals surface area (Å²) in [6, 6.07) is 0. The summed E-state index contributed by atoms with van der Waals surface area (Å²) < 4.78 is 2.06. The number of rotatable bonds is 5. The van der Waals surface area contributed by atoms with Crippen LogP contribution in [-0.4, -0.2) is 45.2 Å². The quantitative estimate of drug-likeness (QED) is 0.880. The molecule has 1 unspecified atom stereocenters. The smallest absolute Gasteiger partial charge is 0.309 e. The van der Waals surface area contributed by atoms with Gasteiger partial charge in [0.05, 0.1) is 11.7 Å². The lowest BCUT2D eigenvalue weighted by atomic mass is 9.74. The van der Waals surface area contributed by atoms with Crippen LogP contribution in [0.5, 0.6) is 0 Å². The van der Waals surface area contributed by atoms with Crippen molar-refractivity contribution in [3.63, 3.8) is 0 Å². The second kappa shape index (κ2) is 5.74. The van der Waals surface area contributed by atoms with Crippen molar-refractivity contribution in [3.05, 3.63) is 18.7 Å². The zero-order valence-corrected chi connectivity index (χ0v) is 11.7. The van der Waals surface area contributed by atoms with E-state index in [-0.39, 0.29) is 5.92 Å². The summed E-state index contributed by atoms with van der Waals surface area (Å²) in [7, 11) is 0. The minimum atomic E-state index is -0.686. The maximum absolute atomic E-state index is 11.3. The molecule has 0 amide bonds. The van der Waals surface area contributed by atoms with Crippen LogP contribution in [0.25, 0.3) is 0 Å². The Kier molecular flexibility index (Phi) is 4.24. The van der Waals surface area contributed by atoms with Crippen molar-refractivity contribution in [2.75, 3.05) is 19.6 Å².